The fourth-order valence-electron chi connectivity index (χ4n) is 0.947. The Morgan fingerprint density at radius 2 is 2.00 bits per heavy atom. The fraction of sp³-hybridized carbons (Fsp3) is 0. The van der Waals surface area contributed by atoms with Crippen LogP contribution in [0.2, 0.25) is 0 Å². The summed E-state index contributed by atoms with van der Waals surface area (Å²) in [4.78, 5) is 8.32. The molecule has 0 bridgehead atoms. The van der Waals surface area contributed by atoms with Gasteiger partial charge in [0.05, 0.1) is 5.52 Å². The van der Waals surface area contributed by atoms with Gasteiger partial charge in [0, 0.05) is 16.9 Å². The van der Waals surface area contributed by atoms with Crippen LogP contribution in [0.5, 0.6) is 0 Å². The van der Waals surface area contributed by atoms with E-state index in [-0.39, 0.29) is 0 Å². The smallest absolute Gasteiger partial charge is 0.103 e. The Balaban J connectivity index is 2.91. The van der Waals surface area contributed by atoms with Gasteiger partial charge >= 0.3 is 0 Å². The van der Waals surface area contributed by atoms with E-state index in [1.165, 1.54) is 0 Å². The van der Waals surface area contributed by atoms with E-state index in [0.717, 1.165) is 15.5 Å². The quantitative estimate of drug-likeness (QED) is 0.665. The first-order valence-corrected chi connectivity index (χ1v) is 4.02. The number of pyridine rings is 2. The zero-order valence-corrected chi connectivity index (χ0v) is 7.25. The summed E-state index contributed by atoms with van der Waals surface area (Å²) in [6, 6.07) is 5.70. The molecule has 2 nitrogen and oxygen atoms in total. The maximum atomic E-state index is 4.17. The monoisotopic (exact) mass is 208 g/mol. The molecule has 0 aliphatic rings. The second kappa shape index (κ2) is 2.58. The molecule has 0 N–H and O–H groups in total. The highest BCUT2D eigenvalue weighted by Gasteiger charge is 1.96. The molecule has 2 rings (SSSR count). The lowest BCUT2D eigenvalue weighted by Crippen LogP contribution is -1.81. The third-order valence-corrected chi connectivity index (χ3v) is 2.09. The molecule has 0 radical (unpaired) electrons. The first-order chi connectivity index (χ1) is 5.38. The third kappa shape index (κ3) is 1.12. The largest absolute Gasteiger partial charge is 0.255 e. The van der Waals surface area contributed by atoms with Gasteiger partial charge < -0.3 is 0 Å². The number of fused-ring (bicyclic) bond motifs is 1. The van der Waals surface area contributed by atoms with Crippen LogP contribution >= 0.6 is 15.9 Å². The van der Waals surface area contributed by atoms with Crippen LogP contribution in [-0.2, 0) is 0 Å². The van der Waals surface area contributed by atoms with Gasteiger partial charge in [0.15, 0.2) is 0 Å². The molecule has 2 aromatic heterocycles. The predicted octanol–water partition coefficient (Wildman–Crippen LogP) is 2.39. The summed E-state index contributed by atoms with van der Waals surface area (Å²) in [5.74, 6) is 0. The minimum Gasteiger partial charge on any atom is -0.255 e. The highest BCUT2D eigenvalue weighted by Crippen LogP contribution is 2.18. The molecule has 2 heterocycles. The standard InChI is InChI=1S/C8H5BrN2/c9-6-3-5-10-7-2-1-4-11-8(6)7/h1-5H. The molecular formula is C8H5BrN2. The molecule has 0 amide bonds. The van der Waals surface area contributed by atoms with Crippen LogP contribution < -0.4 is 0 Å². The van der Waals surface area contributed by atoms with Gasteiger partial charge in [-0.15, -0.1) is 0 Å². The van der Waals surface area contributed by atoms with Crippen molar-refractivity contribution in [2.24, 2.45) is 0 Å². The summed E-state index contributed by atoms with van der Waals surface area (Å²) in [5.41, 5.74) is 1.83. The highest BCUT2D eigenvalue weighted by atomic mass is 79.9. The van der Waals surface area contributed by atoms with Gasteiger partial charge in [0.25, 0.3) is 0 Å². The zero-order chi connectivity index (χ0) is 7.68. The average Bonchev–Trinajstić information content (AvgIpc) is 2.06. The van der Waals surface area contributed by atoms with Crippen LogP contribution in [0.25, 0.3) is 11.0 Å². The van der Waals surface area contributed by atoms with Gasteiger partial charge in [-0.25, -0.2) is 0 Å². The van der Waals surface area contributed by atoms with Crippen molar-refractivity contribution in [2.45, 2.75) is 0 Å². The van der Waals surface area contributed by atoms with Crippen molar-refractivity contribution in [1.82, 2.24) is 9.97 Å². The van der Waals surface area contributed by atoms with Crippen molar-refractivity contribution >= 4 is 27.0 Å². The lowest BCUT2D eigenvalue weighted by molar-refractivity contribution is 1.33. The molecule has 11 heavy (non-hydrogen) atoms. The Labute approximate surface area is 72.4 Å². The second-order valence-electron chi connectivity index (χ2n) is 2.16. The number of nitrogens with zero attached hydrogens (tertiary/aromatic N) is 2. The summed E-state index contributed by atoms with van der Waals surface area (Å²) in [6.45, 7) is 0. The van der Waals surface area contributed by atoms with Gasteiger partial charge in [-0.3, -0.25) is 9.97 Å². The van der Waals surface area contributed by atoms with Crippen LogP contribution in [-0.4, -0.2) is 9.97 Å². The molecule has 0 aliphatic carbocycles. The van der Waals surface area contributed by atoms with E-state index < -0.39 is 0 Å². The van der Waals surface area contributed by atoms with Gasteiger partial charge in [-0.1, -0.05) is 0 Å². The lowest BCUT2D eigenvalue weighted by atomic mass is 10.3. The summed E-state index contributed by atoms with van der Waals surface area (Å²) in [7, 11) is 0. The van der Waals surface area contributed by atoms with Crippen LogP contribution in [0.4, 0.5) is 0 Å². The lowest BCUT2D eigenvalue weighted by Gasteiger charge is -1.95. The topological polar surface area (TPSA) is 25.8 Å². The minimum atomic E-state index is 0.912. The SMILES string of the molecule is Brc1ccnc2cccnc12. The van der Waals surface area contributed by atoms with E-state index in [0.29, 0.717) is 0 Å². The van der Waals surface area contributed by atoms with Crippen LogP contribution in [0.3, 0.4) is 0 Å². The van der Waals surface area contributed by atoms with Crippen molar-refractivity contribution in [2.75, 3.05) is 0 Å². The van der Waals surface area contributed by atoms with Crippen molar-refractivity contribution in [3.05, 3.63) is 35.1 Å². The van der Waals surface area contributed by atoms with Gasteiger partial charge in [0.2, 0.25) is 0 Å². The maximum absolute atomic E-state index is 4.17. The summed E-state index contributed by atoms with van der Waals surface area (Å²) >= 11 is 3.39. The van der Waals surface area contributed by atoms with Crippen molar-refractivity contribution in [3.63, 3.8) is 0 Å². The van der Waals surface area contributed by atoms with Gasteiger partial charge in [-0.05, 0) is 34.1 Å². The summed E-state index contributed by atoms with van der Waals surface area (Å²) < 4.78 is 0.989. The highest BCUT2D eigenvalue weighted by molar-refractivity contribution is 9.10. The second-order valence-corrected chi connectivity index (χ2v) is 3.02. The van der Waals surface area contributed by atoms with Crippen molar-refractivity contribution in [3.8, 4) is 0 Å². The van der Waals surface area contributed by atoms with Crippen molar-refractivity contribution in [1.29, 1.82) is 0 Å². The molecule has 54 valence electrons. The Morgan fingerprint density at radius 1 is 1.09 bits per heavy atom. The van der Waals surface area contributed by atoms with E-state index in [1.54, 1.807) is 12.4 Å². The molecule has 0 atom stereocenters. The zero-order valence-electron chi connectivity index (χ0n) is 5.66. The molecule has 0 aromatic carbocycles. The minimum absolute atomic E-state index is 0.912. The number of hydrogen-bond donors (Lipinski definition) is 0. The van der Waals surface area contributed by atoms with E-state index >= 15 is 0 Å². The van der Waals surface area contributed by atoms with Gasteiger partial charge in [-0.2, -0.15) is 0 Å². The molecule has 0 saturated heterocycles. The van der Waals surface area contributed by atoms with E-state index in [2.05, 4.69) is 25.9 Å². The molecule has 0 aliphatic heterocycles. The van der Waals surface area contributed by atoms with Crippen LogP contribution in [0.15, 0.2) is 35.1 Å². The number of aromatic nitrogens is 2. The fourth-order valence-corrected chi connectivity index (χ4v) is 1.37. The Kier molecular flexibility index (Phi) is 1.58. The van der Waals surface area contributed by atoms with Crippen LogP contribution in [0.1, 0.15) is 0 Å². The van der Waals surface area contributed by atoms with E-state index in [1.807, 2.05) is 18.2 Å². The molecule has 0 fully saturated rings. The van der Waals surface area contributed by atoms with Gasteiger partial charge in [0.1, 0.15) is 5.52 Å². The molecule has 3 heteroatoms. The number of rotatable bonds is 0. The van der Waals surface area contributed by atoms with Crippen LogP contribution in [0, 0.1) is 0 Å². The maximum Gasteiger partial charge on any atom is 0.103 e. The number of halogens is 1. The Morgan fingerprint density at radius 3 is 2.82 bits per heavy atom. The van der Waals surface area contributed by atoms with E-state index in [4.69, 9.17) is 0 Å². The first kappa shape index (κ1) is 6.73. The molecule has 0 spiro atoms. The first-order valence-electron chi connectivity index (χ1n) is 3.23. The normalized spacial score (nSPS) is 10.3. The molecule has 0 unspecified atom stereocenters. The molecular weight excluding hydrogens is 204 g/mol. The average molecular weight is 209 g/mol. The summed E-state index contributed by atoms with van der Waals surface area (Å²) in [6.07, 6.45) is 3.52. The third-order valence-electron chi connectivity index (χ3n) is 1.45. The Hall–Kier alpha value is -0.960. The predicted molar refractivity (Wildman–Crippen MR) is 47.2 cm³/mol. The molecule has 0 saturated carbocycles. The summed E-state index contributed by atoms with van der Waals surface area (Å²) in [5, 5.41) is 0. The Bertz CT molecular complexity index is 381. The molecule has 2 aromatic rings. The number of hydrogen-bond acceptors (Lipinski definition) is 2. The van der Waals surface area contributed by atoms with Crippen molar-refractivity contribution < 1.29 is 0 Å². The van der Waals surface area contributed by atoms with E-state index in [9.17, 15) is 0 Å².